The van der Waals surface area contributed by atoms with Crippen LogP contribution in [0.15, 0.2) is 18.2 Å². The van der Waals surface area contributed by atoms with E-state index in [1.165, 1.54) is 36.0 Å². The highest BCUT2D eigenvalue weighted by molar-refractivity contribution is 5.38. The molecule has 92 valence electrons. The summed E-state index contributed by atoms with van der Waals surface area (Å²) in [5.41, 5.74) is 5.06. The first-order valence-electron chi connectivity index (χ1n) is 6.73. The van der Waals surface area contributed by atoms with Crippen LogP contribution in [-0.2, 0) is 23.4 Å². The molecule has 17 heavy (non-hydrogen) atoms. The fourth-order valence-electron chi connectivity index (χ4n) is 3.55. The van der Waals surface area contributed by atoms with Gasteiger partial charge in [0.25, 0.3) is 0 Å². The Kier molecular flexibility index (Phi) is 2.38. The van der Waals surface area contributed by atoms with Gasteiger partial charge in [-0.3, -0.25) is 0 Å². The van der Waals surface area contributed by atoms with E-state index in [1.54, 1.807) is 0 Å². The summed E-state index contributed by atoms with van der Waals surface area (Å²) in [6.07, 6.45) is 4.02. The van der Waals surface area contributed by atoms with E-state index in [0.29, 0.717) is 10.8 Å². The summed E-state index contributed by atoms with van der Waals surface area (Å²) < 4.78 is 5.52. The topological polar surface area (TPSA) is 9.23 Å². The largest absolute Gasteiger partial charge is 0.372 e. The van der Waals surface area contributed by atoms with Crippen LogP contribution in [0, 0.1) is 5.41 Å². The Labute approximate surface area is 104 Å². The highest BCUT2D eigenvalue weighted by atomic mass is 16.5. The summed E-state index contributed by atoms with van der Waals surface area (Å²) in [5, 5.41) is 0. The zero-order chi connectivity index (χ0) is 12.1. The maximum atomic E-state index is 5.52. The van der Waals surface area contributed by atoms with Crippen molar-refractivity contribution in [2.45, 2.75) is 58.7 Å². The van der Waals surface area contributed by atoms with Gasteiger partial charge in [0.05, 0.1) is 13.2 Å². The molecule has 0 spiro atoms. The fraction of sp³-hybridized carbons (Fsp3) is 0.625. The lowest BCUT2D eigenvalue weighted by molar-refractivity contribution is 0.134. The van der Waals surface area contributed by atoms with Gasteiger partial charge in [-0.25, -0.2) is 0 Å². The third-order valence-corrected chi connectivity index (χ3v) is 5.33. The molecule has 0 amide bonds. The summed E-state index contributed by atoms with van der Waals surface area (Å²) in [7, 11) is 0. The predicted octanol–water partition coefficient (Wildman–Crippen LogP) is 4.18. The van der Waals surface area contributed by atoms with Crippen molar-refractivity contribution >= 4 is 0 Å². The number of benzene rings is 1. The molecule has 0 N–H and O–H groups in total. The quantitative estimate of drug-likeness (QED) is 0.703. The van der Waals surface area contributed by atoms with Gasteiger partial charge in [-0.15, -0.1) is 0 Å². The monoisotopic (exact) mass is 230 g/mol. The van der Waals surface area contributed by atoms with E-state index >= 15 is 0 Å². The van der Waals surface area contributed by atoms with Crippen molar-refractivity contribution in [1.29, 1.82) is 0 Å². The Morgan fingerprint density at radius 2 is 1.76 bits per heavy atom. The maximum absolute atomic E-state index is 5.52. The third-order valence-electron chi connectivity index (χ3n) is 5.33. The van der Waals surface area contributed by atoms with Gasteiger partial charge in [0.1, 0.15) is 0 Å². The van der Waals surface area contributed by atoms with Crippen molar-refractivity contribution in [2.75, 3.05) is 0 Å². The van der Waals surface area contributed by atoms with Crippen molar-refractivity contribution < 1.29 is 4.74 Å². The van der Waals surface area contributed by atoms with Crippen LogP contribution in [0.5, 0.6) is 0 Å². The van der Waals surface area contributed by atoms with E-state index in [2.05, 4.69) is 39.0 Å². The first-order chi connectivity index (χ1) is 8.03. The molecular weight excluding hydrogens is 208 g/mol. The molecule has 1 nitrogen and oxygen atoms in total. The molecule has 1 aromatic rings. The Balaban J connectivity index is 2.04. The normalized spacial score (nSPS) is 30.5. The van der Waals surface area contributed by atoms with Crippen LogP contribution in [0.2, 0.25) is 0 Å². The second-order valence-corrected chi connectivity index (χ2v) is 6.55. The van der Waals surface area contributed by atoms with Gasteiger partial charge in [0.2, 0.25) is 0 Å². The van der Waals surface area contributed by atoms with Crippen molar-refractivity contribution in [3.05, 3.63) is 34.9 Å². The summed E-state index contributed by atoms with van der Waals surface area (Å²) in [6, 6.07) is 7.01. The van der Waals surface area contributed by atoms with Crippen molar-refractivity contribution in [3.63, 3.8) is 0 Å². The number of rotatable bonds is 1. The van der Waals surface area contributed by atoms with E-state index in [4.69, 9.17) is 4.74 Å². The van der Waals surface area contributed by atoms with E-state index < -0.39 is 0 Å². The minimum Gasteiger partial charge on any atom is -0.372 e. The molecule has 1 aliphatic carbocycles. The second-order valence-electron chi connectivity index (χ2n) is 6.55. The molecule has 0 bridgehead atoms. The fourth-order valence-corrected chi connectivity index (χ4v) is 3.55. The Morgan fingerprint density at radius 1 is 1.00 bits per heavy atom. The van der Waals surface area contributed by atoms with Crippen molar-refractivity contribution in [3.8, 4) is 0 Å². The molecule has 1 unspecified atom stereocenters. The third kappa shape index (κ3) is 1.55. The minimum atomic E-state index is 0.338. The van der Waals surface area contributed by atoms with Gasteiger partial charge in [0.15, 0.2) is 0 Å². The van der Waals surface area contributed by atoms with Gasteiger partial charge in [-0.2, -0.15) is 0 Å². The molecule has 1 heterocycles. The molecule has 1 aromatic carbocycles. The molecule has 1 aliphatic heterocycles. The molecule has 1 saturated carbocycles. The van der Waals surface area contributed by atoms with Gasteiger partial charge in [0, 0.05) is 0 Å². The van der Waals surface area contributed by atoms with Crippen LogP contribution in [0.1, 0.15) is 56.7 Å². The van der Waals surface area contributed by atoms with E-state index in [0.717, 1.165) is 13.2 Å². The lowest BCUT2D eigenvalue weighted by Gasteiger charge is -2.39. The predicted molar refractivity (Wildman–Crippen MR) is 69.9 cm³/mol. The average Bonchev–Trinajstić information content (AvgIpc) is 2.84. The van der Waals surface area contributed by atoms with Crippen molar-refractivity contribution in [1.82, 2.24) is 0 Å². The molecule has 0 aromatic heterocycles. The van der Waals surface area contributed by atoms with E-state index in [1.807, 2.05) is 0 Å². The average molecular weight is 230 g/mol. The van der Waals surface area contributed by atoms with E-state index in [9.17, 15) is 0 Å². The van der Waals surface area contributed by atoms with Gasteiger partial charge >= 0.3 is 0 Å². The highest BCUT2D eigenvalue weighted by Crippen LogP contribution is 2.54. The summed E-state index contributed by atoms with van der Waals surface area (Å²) in [4.78, 5) is 0. The molecule has 0 radical (unpaired) electrons. The minimum absolute atomic E-state index is 0.338. The standard InChI is InChI=1S/C16H22O/c1-15(2)7-4-8-16(15,3)14-6-5-12-10-17-11-13(12)9-14/h5-6,9H,4,7-8,10-11H2,1-3H3. The summed E-state index contributed by atoms with van der Waals surface area (Å²) >= 11 is 0. The number of ether oxygens (including phenoxy) is 1. The number of hydrogen-bond donors (Lipinski definition) is 0. The molecule has 1 atom stereocenters. The SMILES string of the molecule is CC1(C)CCCC1(C)c1ccc2c(c1)COC2. The Morgan fingerprint density at radius 3 is 2.47 bits per heavy atom. The number of hydrogen-bond acceptors (Lipinski definition) is 1. The van der Waals surface area contributed by atoms with E-state index in [-0.39, 0.29) is 0 Å². The summed E-state index contributed by atoms with van der Waals surface area (Å²) in [5.74, 6) is 0. The first-order valence-corrected chi connectivity index (χ1v) is 6.73. The van der Waals surface area contributed by atoms with Gasteiger partial charge < -0.3 is 4.74 Å². The van der Waals surface area contributed by atoms with Crippen LogP contribution in [0.25, 0.3) is 0 Å². The molecule has 1 fully saturated rings. The summed E-state index contributed by atoms with van der Waals surface area (Å²) in [6.45, 7) is 8.89. The maximum Gasteiger partial charge on any atom is 0.0725 e. The van der Waals surface area contributed by atoms with Crippen LogP contribution < -0.4 is 0 Å². The van der Waals surface area contributed by atoms with Gasteiger partial charge in [-0.1, -0.05) is 45.4 Å². The van der Waals surface area contributed by atoms with Gasteiger partial charge in [-0.05, 0) is 40.4 Å². The Bertz CT molecular complexity index is 447. The van der Waals surface area contributed by atoms with Crippen molar-refractivity contribution in [2.24, 2.45) is 5.41 Å². The number of fused-ring (bicyclic) bond motifs is 1. The molecule has 1 heteroatoms. The smallest absolute Gasteiger partial charge is 0.0725 e. The first kappa shape index (κ1) is 11.3. The Hall–Kier alpha value is -0.820. The molecule has 2 aliphatic rings. The molecular formula is C16H22O. The highest BCUT2D eigenvalue weighted by Gasteiger charge is 2.46. The van der Waals surface area contributed by atoms with Crippen LogP contribution >= 0.6 is 0 Å². The second kappa shape index (κ2) is 3.58. The van der Waals surface area contributed by atoms with Crippen LogP contribution in [-0.4, -0.2) is 0 Å². The van der Waals surface area contributed by atoms with Crippen LogP contribution in [0.4, 0.5) is 0 Å². The zero-order valence-electron chi connectivity index (χ0n) is 11.2. The van der Waals surface area contributed by atoms with Crippen LogP contribution in [0.3, 0.4) is 0 Å². The zero-order valence-corrected chi connectivity index (χ0v) is 11.2. The lowest BCUT2D eigenvalue weighted by Crippen LogP contribution is -2.34. The molecule has 0 saturated heterocycles. The lowest BCUT2D eigenvalue weighted by atomic mass is 9.65. The molecule has 3 rings (SSSR count).